The molecule has 0 N–H and O–H groups in total. The van der Waals surface area contributed by atoms with Crippen molar-refractivity contribution in [2.24, 2.45) is 11.8 Å². The molecule has 2 fully saturated rings. The van der Waals surface area contributed by atoms with Gasteiger partial charge in [0.2, 0.25) is 11.8 Å². The fourth-order valence-electron chi connectivity index (χ4n) is 3.18. The molecule has 1 aromatic rings. The van der Waals surface area contributed by atoms with Crippen LogP contribution in [0.2, 0.25) is 5.02 Å². The van der Waals surface area contributed by atoms with Crippen molar-refractivity contribution in [3.8, 4) is 0 Å². The zero-order chi connectivity index (χ0) is 15.1. The average Bonchev–Trinajstić information content (AvgIpc) is 3.00. The number of nitrogens with zero attached hydrogens (tertiary/aromatic N) is 2. The van der Waals surface area contributed by atoms with Crippen LogP contribution in [0.15, 0.2) is 18.2 Å². The summed E-state index contributed by atoms with van der Waals surface area (Å²) < 4.78 is 0. The number of nitro groups is 1. The summed E-state index contributed by atoms with van der Waals surface area (Å²) in [5.41, 5.74) is 0.321. The van der Waals surface area contributed by atoms with Crippen LogP contribution in [0.5, 0.6) is 0 Å². The highest BCUT2D eigenvalue weighted by molar-refractivity contribution is 6.31. The lowest BCUT2D eigenvalue weighted by Gasteiger charge is -2.16. The molecule has 2 unspecified atom stereocenters. The van der Waals surface area contributed by atoms with E-state index in [1.807, 2.05) is 0 Å². The zero-order valence-electron chi connectivity index (χ0n) is 11.1. The topological polar surface area (TPSA) is 80.5 Å². The van der Waals surface area contributed by atoms with Gasteiger partial charge in [0, 0.05) is 17.2 Å². The molecule has 2 atom stereocenters. The molecule has 2 amide bonds. The number of carbonyl (C=O) groups excluding carboxylic acids is 2. The number of hydrogen-bond acceptors (Lipinski definition) is 4. The number of amides is 2. The summed E-state index contributed by atoms with van der Waals surface area (Å²) >= 11 is 6.02. The Morgan fingerprint density at radius 2 is 1.86 bits per heavy atom. The minimum absolute atomic E-state index is 0.00514. The number of imide groups is 1. The molecule has 0 bridgehead atoms. The number of nitro benzene ring substituents is 1. The number of halogens is 1. The van der Waals surface area contributed by atoms with Crippen LogP contribution in [0.1, 0.15) is 24.8 Å². The van der Waals surface area contributed by atoms with Crippen molar-refractivity contribution in [2.75, 3.05) is 0 Å². The van der Waals surface area contributed by atoms with Crippen molar-refractivity contribution in [3.05, 3.63) is 38.9 Å². The second-order valence-electron chi connectivity index (χ2n) is 5.44. The molecule has 1 aliphatic carbocycles. The van der Waals surface area contributed by atoms with Crippen LogP contribution in [0.25, 0.3) is 0 Å². The average molecular weight is 309 g/mol. The lowest BCUT2D eigenvalue weighted by molar-refractivity contribution is -0.384. The first kappa shape index (κ1) is 14.0. The van der Waals surface area contributed by atoms with E-state index in [0.29, 0.717) is 10.6 Å². The lowest BCUT2D eigenvalue weighted by Crippen LogP contribution is -2.31. The van der Waals surface area contributed by atoms with Crippen LogP contribution in [0.4, 0.5) is 5.69 Å². The zero-order valence-corrected chi connectivity index (χ0v) is 11.9. The summed E-state index contributed by atoms with van der Waals surface area (Å²) in [6.45, 7) is 0.00514. The van der Waals surface area contributed by atoms with Crippen molar-refractivity contribution in [1.82, 2.24) is 4.90 Å². The predicted molar refractivity (Wildman–Crippen MR) is 74.5 cm³/mol. The SMILES string of the molecule is O=C1C2CCCC2C(=O)N1Cc1cc([N+](=O)[O-])ccc1Cl. The first-order valence-corrected chi connectivity index (χ1v) is 7.15. The van der Waals surface area contributed by atoms with Crippen molar-refractivity contribution in [2.45, 2.75) is 25.8 Å². The van der Waals surface area contributed by atoms with E-state index in [-0.39, 0.29) is 35.9 Å². The van der Waals surface area contributed by atoms with E-state index in [4.69, 9.17) is 11.6 Å². The number of rotatable bonds is 3. The van der Waals surface area contributed by atoms with Crippen LogP contribution < -0.4 is 0 Å². The molecule has 0 aromatic heterocycles. The first-order chi connectivity index (χ1) is 9.99. The van der Waals surface area contributed by atoms with Crippen molar-refractivity contribution in [1.29, 1.82) is 0 Å². The third-order valence-corrected chi connectivity index (χ3v) is 4.62. The van der Waals surface area contributed by atoms with E-state index >= 15 is 0 Å². The number of likely N-dealkylation sites (tertiary alicyclic amines) is 1. The van der Waals surface area contributed by atoms with Gasteiger partial charge in [-0.2, -0.15) is 0 Å². The molecular weight excluding hydrogens is 296 g/mol. The molecule has 1 saturated carbocycles. The van der Waals surface area contributed by atoms with Gasteiger partial charge in [-0.3, -0.25) is 24.6 Å². The Morgan fingerprint density at radius 3 is 2.43 bits per heavy atom. The molecule has 3 rings (SSSR count). The van der Waals surface area contributed by atoms with Crippen LogP contribution >= 0.6 is 11.6 Å². The summed E-state index contributed by atoms with van der Waals surface area (Å²) in [7, 11) is 0. The Balaban J connectivity index is 1.87. The van der Waals surface area contributed by atoms with E-state index < -0.39 is 4.92 Å². The van der Waals surface area contributed by atoms with Crippen molar-refractivity contribution < 1.29 is 14.5 Å². The molecule has 21 heavy (non-hydrogen) atoms. The summed E-state index contributed by atoms with van der Waals surface area (Å²) in [5.74, 6) is -0.778. The molecule has 0 radical (unpaired) electrons. The highest BCUT2D eigenvalue weighted by atomic mass is 35.5. The Hall–Kier alpha value is -1.95. The maximum Gasteiger partial charge on any atom is 0.269 e. The second kappa shape index (κ2) is 5.11. The van der Waals surface area contributed by atoms with E-state index in [1.54, 1.807) is 0 Å². The van der Waals surface area contributed by atoms with E-state index in [1.165, 1.54) is 23.1 Å². The molecule has 7 heteroatoms. The second-order valence-corrected chi connectivity index (χ2v) is 5.85. The van der Waals surface area contributed by atoms with Gasteiger partial charge in [0.05, 0.1) is 23.3 Å². The van der Waals surface area contributed by atoms with Gasteiger partial charge in [0.25, 0.3) is 5.69 Å². The standard InChI is InChI=1S/C14H13ClN2O4/c15-12-5-4-9(17(20)21)6-8(12)7-16-13(18)10-2-1-3-11(10)14(16)19/h4-6,10-11H,1-3,7H2. The minimum atomic E-state index is -0.526. The maximum absolute atomic E-state index is 12.3. The van der Waals surface area contributed by atoms with E-state index in [0.717, 1.165) is 19.3 Å². The van der Waals surface area contributed by atoms with Crippen LogP contribution in [-0.2, 0) is 16.1 Å². The van der Waals surface area contributed by atoms with Gasteiger partial charge in [-0.25, -0.2) is 0 Å². The number of carbonyl (C=O) groups is 2. The van der Waals surface area contributed by atoms with E-state index in [2.05, 4.69) is 0 Å². The van der Waals surface area contributed by atoms with Gasteiger partial charge < -0.3 is 0 Å². The third-order valence-electron chi connectivity index (χ3n) is 4.25. The molecule has 0 spiro atoms. The van der Waals surface area contributed by atoms with Gasteiger partial charge in [0.15, 0.2) is 0 Å². The van der Waals surface area contributed by atoms with Crippen molar-refractivity contribution in [3.63, 3.8) is 0 Å². The largest absolute Gasteiger partial charge is 0.278 e. The minimum Gasteiger partial charge on any atom is -0.278 e. The van der Waals surface area contributed by atoms with Crippen LogP contribution in [-0.4, -0.2) is 21.6 Å². The Bertz CT molecular complexity index is 624. The smallest absolute Gasteiger partial charge is 0.269 e. The first-order valence-electron chi connectivity index (χ1n) is 6.77. The predicted octanol–water partition coefficient (Wildman–Crippen LogP) is 2.53. The summed E-state index contributed by atoms with van der Waals surface area (Å²) in [4.78, 5) is 36.0. The van der Waals surface area contributed by atoms with Gasteiger partial charge >= 0.3 is 0 Å². The summed E-state index contributed by atoms with van der Waals surface area (Å²) in [6, 6.07) is 4.03. The maximum atomic E-state index is 12.3. The number of benzene rings is 1. The molecule has 110 valence electrons. The van der Waals surface area contributed by atoms with Gasteiger partial charge in [-0.15, -0.1) is 0 Å². The quantitative estimate of drug-likeness (QED) is 0.488. The number of fused-ring (bicyclic) bond motifs is 1. The van der Waals surface area contributed by atoms with Gasteiger partial charge in [-0.1, -0.05) is 18.0 Å². The molecular formula is C14H13ClN2O4. The van der Waals surface area contributed by atoms with Gasteiger partial charge in [0.1, 0.15) is 0 Å². The molecule has 1 aliphatic heterocycles. The molecule has 2 aliphatic rings. The van der Waals surface area contributed by atoms with Crippen LogP contribution in [0.3, 0.4) is 0 Å². The third kappa shape index (κ3) is 2.29. The highest BCUT2D eigenvalue weighted by Gasteiger charge is 2.49. The highest BCUT2D eigenvalue weighted by Crippen LogP contribution is 2.40. The summed E-state index contributed by atoms with van der Waals surface area (Å²) in [6.07, 6.45) is 2.39. The normalized spacial score (nSPS) is 24.5. The molecule has 1 saturated heterocycles. The Morgan fingerprint density at radius 1 is 1.24 bits per heavy atom. The van der Waals surface area contributed by atoms with Crippen molar-refractivity contribution >= 4 is 29.1 Å². The lowest BCUT2D eigenvalue weighted by atomic mass is 10.00. The van der Waals surface area contributed by atoms with Crippen LogP contribution in [0, 0.1) is 22.0 Å². The Labute approximate surface area is 125 Å². The fraction of sp³-hybridized carbons (Fsp3) is 0.429. The van der Waals surface area contributed by atoms with E-state index in [9.17, 15) is 19.7 Å². The molecule has 6 nitrogen and oxygen atoms in total. The molecule has 1 heterocycles. The number of non-ortho nitro benzene ring substituents is 1. The van der Waals surface area contributed by atoms with Gasteiger partial charge in [-0.05, 0) is 24.5 Å². The number of hydrogen-bond donors (Lipinski definition) is 0. The fourth-order valence-corrected chi connectivity index (χ4v) is 3.36. The Kier molecular flexibility index (Phi) is 3.41. The monoisotopic (exact) mass is 308 g/mol. The summed E-state index contributed by atoms with van der Waals surface area (Å²) in [5, 5.41) is 11.1. The molecule has 1 aromatic carbocycles.